The molecule has 2 heterocycles. The number of amides is 1. The van der Waals surface area contributed by atoms with Crippen LogP contribution in [-0.4, -0.2) is 51.1 Å². The van der Waals surface area contributed by atoms with Crippen LogP contribution in [0.3, 0.4) is 0 Å². The van der Waals surface area contributed by atoms with E-state index in [1.54, 1.807) is 18.5 Å². The number of ether oxygens (including phenoxy) is 1. The second kappa shape index (κ2) is 12.3. The maximum Gasteiger partial charge on any atom is 0.330 e. The van der Waals surface area contributed by atoms with Crippen LogP contribution >= 0.6 is 0 Å². The van der Waals surface area contributed by atoms with E-state index in [1.807, 2.05) is 44.2 Å². The van der Waals surface area contributed by atoms with Gasteiger partial charge in [0.25, 0.3) is 11.5 Å². The number of nitrogens with two attached hydrogens (primary N) is 1. The minimum absolute atomic E-state index is 0.0274. The summed E-state index contributed by atoms with van der Waals surface area (Å²) >= 11 is 0. The van der Waals surface area contributed by atoms with Gasteiger partial charge in [0.05, 0.1) is 13.0 Å². The van der Waals surface area contributed by atoms with Crippen molar-refractivity contribution in [2.75, 3.05) is 35.6 Å². The molecule has 3 aromatic rings. The summed E-state index contributed by atoms with van der Waals surface area (Å²) in [5, 5.41) is 2.87. The van der Waals surface area contributed by atoms with Gasteiger partial charge in [0.1, 0.15) is 5.82 Å². The molecule has 0 atom stereocenters. The van der Waals surface area contributed by atoms with Crippen molar-refractivity contribution in [1.29, 1.82) is 0 Å². The summed E-state index contributed by atoms with van der Waals surface area (Å²) in [6.45, 7) is 3.56. The number of benzene rings is 1. The van der Waals surface area contributed by atoms with Gasteiger partial charge in [-0.05, 0) is 17.5 Å². The Morgan fingerprint density at radius 2 is 1.83 bits per heavy atom. The number of rotatable bonds is 11. The third-order valence-corrected chi connectivity index (χ3v) is 5.05. The van der Waals surface area contributed by atoms with Gasteiger partial charge < -0.3 is 20.7 Å². The van der Waals surface area contributed by atoms with E-state index in [0.29, 0.717) is 5.95 Å². The molecule has 0 aliphatic rings. The van der Waals surface area contributed by atoms with Crippen LogP contribution in [0.5, 0.6) is 0 Å². The van der Waals surface area contributed by atoms with Crippen molar-refractivity contribution in [1.82, 2.24) is 19.5 Å². The molecule has 1 amide bonds. The number of anilines is 3. The first-order valence-electron chi connectivity index (χ1n) is 11.4. The fourth-order valence-corrected chi connectivity index (χ4v) is 3.40. The topological polar surface area (TPSA) is 165 Å². The van der Waals surface area contributed by atoms with Gasteiger partial charge in [-0.2, -0.15) is 0 Å². The number of nitrogens with zero attached hydrogens (tertiary/aromatic N) is 4. The molecule has 0 aliphatic carbocycles. The summed E-state index contributed by atoms with van der Waals surface area (Å²) in [6, 6.07) is 10.8. The standard InChI is InChI=1S/C24H29N7O5/c1-16(2)13-30(18(32)15-36-19(33)9-12-28-23-26-10-6-11-27-23)20-21(25)31(24(35)29-22(20)34)14-17-7-4-3-5-8-17/h3-8,10-11,16H,9,12-15,25H2,1-2H3,(H,26,27,28)(H,29,34,35). The Morgan fingerprint density at radius 3 is 2.50 bits per heavy atom. The minimum Gasteiger partial charge on any atom is -0.455 e. The lowest BCUT2D eigenvalue weighted by Crippen LogP contribution is -2.44. The van der Waals surface area contributed by atoms with Gasteiger partial charge in [0.2, 0.25) is 5.95 Å². The number of hydrogen-bond acceptors (Lipinski definition) is 9. The molecular formula is C24H29N7O5. The van der Waals surface area contributed by atoms with Gasteiger partial charge in [-0.25, -0.2) is 14.8 Å². The Morgan fingerprint density at radius 1 is 1.14 bits per heavy atom. The highest BCUT2D eigenvalue weighted by atomic mass is 16.5. The summed E-state index contributed by atoms with van der Waals surface area (Å²) in [7, 11) is 0. The number of aromatic amines is 1. The molecule has 4 N–H and O–H groups in total. The number of aromatic nitrogens is 4. The number of carbonyl (C=O) groups excluding carboxylic acids is 2. The van der Waals surface area contributed by atoms with Crippen molar-refractivity contribution in [3.8, 4) is 0 Å². The van der Waals surface area contributed by atoms with E-state index in [1.165, 1.54) is 4.57 Å². The number of nitrogens with one attached hydrogen (secondary N) is 2. The lowest BCUT2D eigenvalue weighted by molar-refractivity contribution is -0.147. The summed E-state index contributed by atoms with van der Waals surface area (Å²) in [5.41, 5.74) is 5.38. The van der Waals surface area contributed by atoms with Crippen molar-refractivity contribution in [3.05, 3.63) is 75.2 Å². The quantitative estimate of drug-likeness (QED) is 0.329. The zero-order chi connectivity index (χ0) is 26.1. The monoisotopic (exact) mass is 495 g/mol. The third-order valence-electron chi connectivity index (χ3n) is 5.05. The maximum absolute atomic E-state index is 13.1. The first kappa shape index (κ1) is 26.1. The van der Waals surface area contributed by atoms with Crippen molar-refractivity contribution < 1.29 is 14.3 Å². The molecule has 0 radical (unpaired) electrons. The first-order chi connectivity index (χ1) is 17.3. The van der Waals surface area contributed by atoms with Crippen LogP contribution in [0.4, 0.5) is 17.5 Å². The predicted molar refractivity (Wildman–Crippen MR) is 135 cm³/mol. The van der Waals surface area contributed by atoms with Crippen LogP contribution in [0, 0.1) is 5.92 Å². The van der Waals surface area contributed by atoms with E-state index in [2.05, 4.69) is 20.3 Å². The Bertz CT molecular complexity index is 1290. The van der Waals surface area contributed by atoms with Crippen molar-refractivity contribution in [3.63, 3.8) is 0 Å². The average molecular weight is 496 g/mol. The van der Waals surface area contributed by atoms with E-state index >= 15 is 0 Å². The van der Waals surface area contributed by atoms with Crippen LogP contribution in [-0.2, 0) is 20.9 Å². The van der Waals surface area contributed by atoms with Crippen LogP contribution in [0.1, 0.15) is 25.8 Å². The van der Waals surface area contributed by atoms with Crippen LogP contribution in [0.2, 0.25) is 0 Å². The zero-order valence-corrected chi connectivity index (χ0v) is 20.1. The largest absolute Gasteiger partial charge is 0.455 e. The molecule has 0 bridgehead atoms. The molecule has 12 nitrogen and oxygen atoms in total. The fraction of sp³-hybridized carbons (Fsp3) is 0.333. The predicted octanol–water partition coefficient (Wildman–Crippen LogP) is 0.992. The van der Waals surface area contributed by atoms with Gasteiger partial charge in [0.15, 0.2) is 12.3 Å². The van der Waals surface area contributed by atoms with Crippen molar-refractivity contribution in [2.45, 2.75) is 26.8 Å². The number of H-pyrrole nitrogens is 1. The average Bonchev–Trinajstić information content (AvgIpc) is 2.85. The molecule has 0 aliphatic heterocycles. The summed E-state index contributed by atoms with van der Waals surface area (Å²) in [6.07, 6.45) is 3.10. The molecule has 0 saturated carbocycles. The molecular weight excluding hydrogens is 466 g/mol. The smallest absolute Gasteiger partial charge is 0.330 e. The SMILES string of the molecule is CC(C)CN(C(=O)COC(=O)CCNc1ncccn1)c1c(N)n(Cc2ccccc2)c(=O)[nH]c1=O. The molecule has 1 aromatic carbocycles. The second-order valence-electron chi connectivity index (χ2n) is 8.37. The van der Waals surface area contributed by atoms with E-state index in [-0.39, 0.29) is 43.5 Å². The van der Waals surface area contributed by atoms with E-state index in [0.717, 1.165) is 10.5 Å². The lowest BCUT2D eigenvalue weighted by Gasteiger charge is -2.26. The first-order valence-corrected chi connectivity index (χ1v) is 11.4. The van der Waals surface area contributed by atoms with Crippen LogP contribution in [0.15, 0.2) is 58.4 Å². The van der Waals surface area contributed by atoms with Gasteiger partial charge >= 0.3 is 11.7 Å². The maximum atomic E-state index is 13.1. The van der Waals surface area contributed by atoms with Crippen molar-refractivity contribution in [2.24, 2.45) is 5.92 Å². The number of hydrogen-bond donors (Lipinski definition) is 3. The van der Waals surface area contributed by atoms with E-state index in [4.69, 9.17) is 10.5 Å². The van der Waals surface area contributed by atoms with Crippen molar-refractivity contribution >= 4 is 29.3 Å². The molecule has 0 spiro atoms. The van der Waals surface area contributed by atoms with Gasteiger partial charge in [-0.15, -0.1) is 0 Å². The van der Waals surface area contributed by atoms with E-state index < -0.39 is 29.7 Å². The highest BCUT2D eigenvalue weighted by molar-refractivity contribution is 5.97. The Hall–Kier alpha value is -4.48. The molecule has 0 unspecified atom stereocenters. The normalized spacial score (nSPS) is 10.8. The number of esters is 1. The van der Waals surface area contributed by atoms with Crippen LogP contribution < -0.4 is 27.2 Å². The number of nitrogen functional groups attached to an aromatic ring is 1. The molecule has 3 rings (SSSR count). The molecule has 2 aromatic heterocycles. The molecule has 12 heteroatoms. The summed E-state index contributed by atoms with van der Waals surface area (Å²) in [4.78, 5) is 61.8. The van der Waals surface area contributed by atoms with Gasteiger partial charge in [-0.1, -0.05) is 44.2 Å². The summed E-state index contributed by atoms with van der Waals surface area (Å²) in [5.74, 6) is -1.09. The Balaban J connectivity index is 1.74. The molecule has 0 saturated heterocycles. The Labute approximate surface area is 207 Å². The minimum atomic E-state index is -0.797. The van der Waals surface area contributed by atoms with Crippen LogP contribution in [0.25, 0.3) is 0 Å². The molecule has 36 heavy (non-hydrogen) atoms. The number of carbonyl (C=O) groups is 2. The summed E-state index contributed by atoms with van der Waals surface area (Å²) < 4.78 is 6.31. The third kappa shape index (κ3) is 7.01. The molecule has 190 valence electrons. The van der Waals surface area contributed by atoms with Gasteiger partial charge in [0, 0.05) is 25.5 Å². The lowest BCUT2D eigenvalue weighted by atomic mass is 10.2. The Kier molecular flexibility index (Phi) is 8.92. The zero-order valence-electron chi connectivity index (χ0n) is 20.1. The molecule has 0 fully saturated rings. The van der Waals surface area contributed by atoms with E-state index in [9.17, 15) is 19.2 Å². The fourth-order valence-electron chi connectivity index (χ4n) is 3.40. The highest BCUT2D eigenvalue weighted by Crippen LogP contribution is 2.19. The highest BCUT2D eigenvalue weighted by Gasteiger charge is 2.26. The second-order valence-corrected chi connectivity index (χ2v) is 8.37. The van der Waals surface area contributed by atoms with Gasteiger partial charge in [-0.3, -0.25) is 23.9 Å².